The second-order valence-corrected chi connectivity index (χ2v) is 3.49. The average Bonchev–Trinajstić information content (AvgIpc) is 2.18. The van der Waals surface area contributed by atoms with E-state index in [9.17, 15) is 0 Å². The third-order valence-corrected chi connectivity index (χ3v) is 2.12. The van der Waals surface area contributed by atoms with Gasteiger partial charge in [0.2, 0.25) is 0 Å². The van der Waals surface area contributed by atoms with Gasteiger partial charge in [0.05, 0.1) is 5.69 Å². The number of benzene rings is 1. The second-order valence-electron chi connectivity index (χ2n) is 3.49. The van der Waals surface area contributed by atoms with Crippen LogP contribution in [-0.4, -0.2) is 12.9 Å². The molecule has 1 rings (SSSR count). The monoisotopic (exact) mass is 204 g/mol. The topological polar surface area (TPSA) is 60.6 Å². The normalized spacial score (nSPS) is 10.7. The molecule has 0 fully saturated rings. The molecular formula is C11H16N4. The Kier molecular flexibility index (Phi) is 3.55. The van der Waals surface area contributed by atoms with Crippen LogP contribution >= 0.6 is 0 Å². The van der Waals surface area contributed by atoms with Crippen LogP contribution in [0.25, 0.3) is 0 Å². The highest BCUT2D eigenvalue weighted by Gasteiger charge is 2.02. The molecule has 0 saturated carbocycles. The summed E-state index contributed by atoms with van der Waals surface area (Å²) in [5, 5.41) is 18.0. The zero-order valence-electron chi connectivity index (χ0n) is 9.55. The summed E-state index contributed by atoms with van der Waals surface area (Å²) in [5.74, 6) is 0.213. The quantitative estimate of drug-likeness (QED) is 0.432. The number of amidine groups is 1. The van der Waals surface area contributed by atoms with Crippen LogP contribution in [0.3, 0.4) is 0 Å². The molecule has 0 radical (unpaired) electrons. The molecule has 0 bridgehead atoms. The Labute approximate surface area is 89.9 Å². The summed E-state index contributed by atoms with van der Waals surface area (Å²) >= 11 is 0. The van der Waals surface area contributed by atoms with E-state index in [-0.39, 0.29) is 5.84 Å². The molecule has 0 unspecified atom stereocenters. The number of hydrogen-bond donors (Lipinski definition) is 2. The molecule has 80 valence electrons. The Morgan fingerprint density at radius 1 is 1.27 bits per heavy atom. The van der Waals surface area contributed by atoms with Gasteiger partial charge in [-0.1, -0.05) is 0 Å². The van der Waals surface area contributed by atoms with E-state index in [0.29, 0.717) is 0 Å². The lowest BCUT2D eigenvalue weighted by Gasteiger charge is -2.07. The number of hydrogen-bond acceptors (Lipinski definition) is 3. The molecule has 0 spiro atoms. The van der Waals surface area contributed by atoms with Crippen molar-refractivity contribution >= 4 is 17.2 Å². The van der Waals surface area contributed by atoms with Gasteiger partial charge >= 0.3 is 0 Å². The Balaban J connectivity index is 3.10. The van der Waals surface area contributed by atoms with E-state index in [1.165, 1.54) is 0 Å². The van der Waals surface area contributed by atoms with Gasteiger partial charge in [-0.3, -0.25) is 5.41 Å². The summed E-state index contributed by atoms with van der Waals surface area (Å²) < 4.78 is 0. The second kappa shape index (κ2) is 4.68. The van der Waals surface area contributed by atoms with Crippen molar-refractivity contribution in [1.82, 2.24) is 0 Å². The van der Waals surface area contributed by atoms with Crippen molar-refractivity contribution in [2.75, 3.05) is 12.4 Å². The molecular weight excluding hydrogens is 188 g/mol. The third-order valence-electron chi connectivity index (χ3n) is 2.12. The maximum Gasteiger partial charge on any atom is 0.140 e. The highest BCUT2D eigenvalue weighted by Crippen LogP contribution is 2.26. The molecule has 4 heteroatoms. The van der Waals surface area contributed by atoms with Crippen molar-refractivity contribution in [3.63, 3.8) is 0 Å². The predicted octanol–water partition coefficient (Wildman–Crippen LogP) is 3.43. The molecule has 0 heterocycles. The molecule has 1 aromatic carbocycles. The highest BCUT2D eigenvalue weighted by molar-refractivity contribution is 5.76. The Morgan fingerprint density at radius 2 is 1.93 bits per heavy atom. The molecule has 0 aliphatic carbocycles. The number of nitrogens with zero attached hydrogens (tertiary/aromatic N) is 2. The predicted molar refractivity (Wildman–Crippen MR) is 63.4 cm³/mol. The molecule has 2 N–H and O–H groups in total. The summed E-state index contributed by atoms with van der Waals surface area (Å²) in [6.07, 6.45) is 0. The fraction of sp³-hybridized carbons (Fsp3) is 0.364. The minimum absolute atomic E-state index is 0.213. The van der Waals surface area contributed by atoms with E-state index in [0.717, 1.165) is 22.5 Å². The van der Waals surface area contributed by atoms with Gasteiger partial charge in [-0.15, -0.1) is 10.2 Å². The third kappa shape index (κ3) is 2.87. The van der Waals surface area contributed by atoms with Crippen molar-refractivity contribution in [2.45, 2.75) is 20.8 Å². The van der Waals surface area contributed by atoms with Crippen LogP contribution in [-0.2, 0) is 0 Å². The van der Waals surface area contributed by atoms with Gasteiger partial charge in [0, 0.05) is 12.7 Å². The van der Waals surface area contributed by atoms with Gasteiger partial charge in [-0.2, -0.15) is 0 Å². The lowest BCUT2D eigenvalue weighted by molar-refractivity contribution is 1.20. The van der Waals surface area contributed by atoms with E-state index in [4.69, 9.17) is 5.41 Å². The number of aryl methyl sites for hydroxylation is 2. The van der Waals surface area contributed by atoms with E-state index in [1.807, 2.05) is 33.0 Å². The van der Waals surface area contributed by atoms with Gasteiger partial charge in [-0.05, 0) is 44.0 Å². The van der Waals surface area contributed by atoms with Crippen molar-refractivity contribution < 1.29 is 0 Å². The maximum atomic E-state index is 7.17. The molecule has 0 aliphatic rings. The highest BCUT2D eigenvalue weighted by atomic mass is 15.1. The zero-order chi connectivity index (χ0) is 11.4. The first-order valence-corrected chi connectivity index (χ1v) is 4.80. The van der Waals surface area contributed by atoms with Crippen molar-refractivity contribution in [3.05, 3.63) is 23.3 Å². The first-order valence-electron chi connectivity index (χ1n) is 4.80. The Bertz CT molecular complexity index is 407. The molecule has 0 aromatic heterocycles. The average molecular weight is 204 g/mol. The van der Waals surface area contributed by atoms with E-state index in [1.54, 1.807) is 6.92 Å². The smallest absolute Gasteiger partial charge is 0.140 e. The lowest BCUT2D eigenvalue weighted by atomic mass is 10.1. The van der Waals surface area contributed by atoms with Crippen LogP contribution in [0.2, 0.25) is 0 Å². The number of azo groups is 1. The van der Waals surface area contributed by atoms with Crippen LogP contribution in [0.5, 0.6) is 0 Å². The van der Waals surface area contributed by atoms with Gasteiger partial charge < -0.3 is 5.32 Å². The van der Waals surface area contributed by atoms with Crippen LogP contribution in [0.1, 0.15) is 18.1 Å². The van der Waals surface area contributed by atoms with E-state index < -0.39 is 0 Å². The minimum atomic E-state index is 0.213. The van der Waals surface area contributed by atoms with E-state index >= 15 is 0 Å². The van der Waals surface area contributed by atoms with Crippen LogP contribution in [0, 0.1) is 19.3 Å². The SMILES string of the molecule is CNc1cc(C)c(N=NC(C)=N)cc1C. The van der Waals surface area contributed by atoms with Gasteiger partial charge in [-0.25, -0.2) is 0 Å². The number of nitrogens with one attached hydrogen (secondary N) is 2. The standard InChI is InChI=1S/C11H16N4/c1-7-6-11(15-14-9(3)12)8(2)5-10(7)13-4/h5-6,12-13H,1-4H3. The van der Waals surface area contributed by atoms with Gasteiger partial charge in [0.1, 0.15) is 5.84 Å². The fourth-order valence-electron chi connectivity index (χ4n) is 1.31. The summed E-state index contributed by atoms with van der Waals surface area (Å²) in [4.78, 5) is 0. The molecule has 0 atom stereocenters. The fourth-order valence-corrected chi connectivity index (χ4v) is 1.31. The van der Waals surface area contributed by atoms with Crippen molar-refractivity contribution in [1.29, 1.82) is 5.41 Å². The van der Waals surface area contributed by atoms with Gasteiger partial charge in [0.15, 0.2) is 0 Å². The molecule has 0 aliphatic heterocycles. The van der Waals surface area contributed by atoms with Crippen LogP contribution in [0.4, 0.5) is 11.4 Å². The molecule has 15 heavy (non-hydrogen) atoms. The van der Waals surface area contributed by atoms with Crippen molar-refractivity contribution in [2.24, 2.45) is 10.2 Å². The minimum Gasteiger partial charge on any atom is -0.388 e. The van der Waals surface area contributed by atoms with Crippen molar-refractivity contribution in [3.8, 4) is 0 Å². The summed E-state index contributed by atoms with van der Waals surface area (Å²) in [6.45, 7) is 5.60. The largest absolute Gasteiger partial charge is 0.388 e. The molecule has 0 amide bonds. The Morgan fingerprint density at radius 3 is 2.47 bits per heavy atom. The molecule has 1 aromatic rings. The number of anilines is 1. The van der Waals surface area contributed by atoms with E-state index in [2.05, 4.69) is 15.5 Å². The van der Waals surface area contributed by atoms with Crippen LogP contribution < -0.4 is 5.32 Å². The maximum absolute atomic E-state index is 7.17. The van der Waals surface area contributed by atoms with Crippen LogP contribution in [0.15, 0.2) is 22.4 Å². The number of rotatable bonds is 2. The first-order chi connectivity index (χ1) is 7.04. The summed E-state index contributed by atoms with van der Waals surface area (Å²) in [7, 11) is 1.89. The molecule has 4 nitrogen and oxygen atoms in total. The lowest BCUT2D eigenvalue weighted by Crippen LogP contribution is -1.92. The van der Waals surface area contributed by atoms with Gasteiger partial charge in [0.25, 0.3) is 0 Å². The molecule has 0 saturated heterocycles. The summed E-state index contributed by atoms with van der Waals surface area (Å²) in [5.41, 5.74) is 4.09. The summed E-state index contributed by atoms with van der Waals surface area (Å²) in [6, 6.07) is 4.00. The Hall–Kier alpha value is -1.71. The first kappa shape index (κ1) is 11.4. The zero-order valence-corrected chi connectivity index (χ0v) is 9.55.